The predicted octanol–water partition coefficient (Wildman–Crippen LogP) is 4.42. The second-order valence-corrected chi connectivity index (χ2v) is 2.80. The summed E-state index contributed by atoms with van der Waals surface area (Å²) in [6, 6.07) is 14.8. The van der Waals surface area contributed by atoms with Crippen LogP contribution in [0.3, 0.4) is 0 Å². The number of hydrogen-bond donors (Lipinski definition) is 0. The molecule has 0 saturated heterocycles. The minimum atomic E-state index is 1.33. The van der Waals surface area contributed by atoms with Crippen molar-refractivity contribution >= 4 is 10.8 Å². The van der Waals surface area contributed by atoms with Gasteiger partial charge in [-0.3, -0.25) is 0 Å². The minimum Gasteiger partial charge on any atom is -0.124 e. The molecule has 0 radical (unpaired) electrons. The lowest BCUT2D eigenvalue weighted by Crippen LogP contribution is -1.75. The number of hydrogen-bond acceptors (Lipinski definition) is 0. The van der Waals surface area contributed by atoms with Gasteiger partial charge in [0.2, 0.25) is 0 Å². The maximum absolute atomic E-state index is 4.00. The molecule has 0 atom stereocenters. The molecule has 0 aliphatic rings. The monoisotopic (exact) mass is 198 g/mol. The molecular formula is C15H18. The van der Waals surface area contributed by atoms with Crippen LogP contribution in [0.1, 0.15) is 19.4 Å². The van der Waals surface area contributed by atoms with E-state index in [2.05, 4.69) is 62.2 Å². The van der Waals surface area contributed by atoms with E-state index in [0.717, 1.165) is 0 Å². The van der Waals surface area contributed by atoms with Crippen molar-refractivity contribution in [2.75, 3.05) is 0 Å². The SMILES string of the molecule is C#C.CC.Cc1cccc2ccccc12. The van der Waals surface area contributed by atoms with E-state index in [4.69, 9.17) is 0 Å². The highest BCUT2D eigenvalue weighted by atomic mass is 14.0. The highest BCUT2D eigenvalue weighted by molar-refractivity contribution is 5.85. The van der Waals surface area contributed by atoms with Crippen LogP contribution in [0, 0.1) is 19.8 Å². The van der Waals surface area contributed by atoms with Crippen molar-refractivity contribution in [2.24, 2.45) is 0 Å². The number of benzene rings is 2. The van der Waals surface area contributed by atoms with Crippen LogP contribution in [0.15, 0.2) is 42.5 Å². The van der Waals surface area contributed by atoms with E-state index in [1.54, 1.807) is 0 Å². The van der Waals surface area contributed by atoms with Gasteiger partial charge in [-0.2, -0.15) is 0 Å². The van der Waals surface area contributed by atoms with E-state index in [1.807, 2.05) is 13.8 Å². The van der Waals surface area contributed by atoms with Crippen molar-refractivity contribution < 1.29 is 0 Å². The molecule has 15 heavy (non-hydrogen) atoms. The van der Waals surface area contributed by atoms with Crippen molar-refractivity contribution in [3.8, 4) is 12.8 Å². The van der Waals surface area contributed by atoms with Crippen LogP contribution < -0.4 is 0 Å². The zero-order valence-corrected chi connectivity index (χ0v) is 9.70. The second kappa shape index (κ2) is 7.64. The lowest BCUT2D eigenvalue weighted by atomic mass is 10.1. The standard InChI is InChI=1S/C11H10.C2H6.C2H2/c1-9-5-4-7-10-6-2-3-8-11(9)10;2*1-2/h2-8H,1H3;1-2H3;1-2H. The van der Waals surface area contributed by atoms with Gasteiger partial charge in [0.1, 0.15) is 0 Å². The normalized spacial score (nSPS) is 8.07. The van der Waals surface area contributed by atoms with Crippen molar-refractivity contribution in [2.45, 2.75) is 20.8 Å². The third kappa shape index (κ3) is 3.48. The van der Waals surface area contributed by atoms with Gasteiger partial charge < -0.3 is 0 Å². The molecule has 2 rings (SSSR count). The van der Waals surface area contributed by atoms with E-state index in [1.165, 1.54) is 16.3 Å². The summed E-state index contributed by atoms with van der Waals surface area (Å²) in [4.78, 5) is 0. The van der Waals surface area contributed by atoms with Crippen molar-refractivity contribution in [1.29, 1.82) is 0 Å². The van der Waals surface area contributed by atoms with Gasteiger partial charge in [0.15, 0.2) is 0 Å². The van der Waals surface area contributed by atoms with E-state index in [-0.39, 0.29) is 0 Å². The van der Waals surface area contributed by atoms with Gasteiger partial charge in [-0.25, -0.2) is 0 Å². The zero-order valence-electron chi connectivity index (χ0n) is 9.70. The Morgan fingerprint density at radius 2 is 1.33 bits per heavy atom. The minimum absolute atomic E-state index is 1.33. The summed E-state index contributed by atoms with van der Waals surface area (Å²) in [5.74, 6) is 0. The number of fused-ring (bicyclic) bond motifs is 1. The predicted molar refractivity (Wildman–Crippen MR) is 69.9 cm³/mol. The Balaban J connectivity index is 0.000000442. The summed E-state index contributed by atoms with van der Waals surface area (Å²) in [6.45, 7) is 6.14. The Bertz CT molecular complexity index is 405. The Labute approximate surface area is 92.9 Å². The molecule has 0 aliphatic carbocycles. The van der Waals surface area contributed by atoms with Crippen LogP contribution in [-0.2, 0) is 0 Å². The summed E-state index contributed by atoms with van der Waals surface area (Å²) in [5.41, 5.74) is 1.35. The van der Waals surface area contributed by atoms with E-state index >= 15 is 0 Å². The second-order valence-electron chi connectivity index (χ2n) is 2.80. The van der Waals surface area contributed by atoms with Gasteiger partial charge in [0.05, 0.1) is 0 Å². The molecule has 0 fully saturated rings. The van der Waals surface area contributed by atoms with Gasteiger partial charge in [0.25, 0.3) is 0 Å². The molecule has 0 nitrogen and oxygen atoms in total. The fourth-order valence-electron chi connectivity index (χ4n) is 1.39. The summed E-state index contributed by atoms with van der Waals surface area (Å²) < 4.78 is 0. The maximum atomic E-state index is 4.00. The molecule has 0 aromatic heterocycles. The molecule has 2 aromatic carbocycles. The number of terminal acetylenes is 1. The van der Waals surface area contributed by atoms with Crippen LogP contribution in [0.25, 0.3) is 10.8 Å². The molecule has 0 heterocycles. The van der Waals surface area contributed by atoms with Crippen LogP contribution in [-0.4, -0.2) is 0 Å². The molecule has 2 aromatic rings. The summed E-state index contributed by atoms with van der Waals surface area (Å²) in [5, 5.41) is 2.68. The third-order valence-electron chi connectivity index (χ3n) is 2.01. The van der Waals surface area contributed by atoms with E-state index in [9.17, 15) is 0 Å². The topological polar surface area (TPSA) is 0 Å². The summed E-state index contributed by atoms with van der Waals surface area (Å²) in [7, 11) is 0. The van der Waals surface area contributed by atoms with Gasteiger partial charge in [-0.15, -0.1) is 12.8 Å². The Morgan fingerprint density at radius 1 is 0.800 bits per heavy atom. The molecule has 0 unspecified atom stereocenters. The van der Waals surface area contributed by atoms with Crippen molar-refractivity contribution in [3.63, 3.8) is 0 Å². The lowest BCUT2D eigenvalue weighted by molar-refractivity contribution is 1.50. The van der Waals surface area contributed by atoms with Crippen LogP contribution in [0.5, 0.6) is 0 Å². The van der Waals surface area contributed by atoms with Gasteiger partial charge >= 0.3 is 0 Å². The molecule has 0 N–H and O–H groups in total. The maximum Gasteiger partial charge on any atom is -0.0155 e. The van der Waals surface area contributed by atoms with Gasteiger partial charge in [-0.05, 0) is 23.3 Å². The summed E-state index contributed by atoms with van der Waals surface area (Å²) in [6.07, 6.45) is 8.00. The average molecular weight is 198 g/mol. The van der Waals surface area contributed by atoms with E-state index < -0.39 is 0 Å². The highest BCUT2D eigenvalue weighted by Crippen LogP contribution is 2.16. The Kier molecular flexibility index (Phi) is 6.76. The van der Waals surface area contributed by atoms with E-state index in [0.29, 0.717) is 0 Å². The Morgan fingerprint density at radius 3 is 1.93 bits per heavy atom. The molecule has 0 aliphatic heterocycles. The largest absolute Gasteiger partial charge is 0.124 e. The lowest BCUT2D eigenvalue weighted by Gasteiger charge is -1.98. The first-order valence-electron chi connectivity index (χ1n) is 5.15. The fraction of sp³-hybridized carbons (Fsp3) is 0.200. The fourth-order valence-corrected chi connectivity index (χ4v) is 1.39. The number of rotatable bonds is 0. The molecule has 0 bridgehead atoms. The highest BCUT2D eigenvalue weighted by Gasteiger charge is 1.91. The first-order valence-corrected chi connectivity index (χ1v) is 5.15. The van der Waals surface area contributed by atoms with Crippen LogP contribution in [0.2, 0.25) is 0 Å². The van der Waals surface area contributed by atoms with Gasteiger partial charge in [-0.1, -0.05) is 56.3 Å². The smallest absolute Gasteiger partial charge is 0.0155 e. The van der Waals surface area contributed by atoms with Gasteiger partial charge in [0, 0.05) is 0 Å². The quantitative estimate of drug-likeness (QED) is 0.549. The molecule has 78 valence electrons. The van der Waals surface area contributed by atoms with Crippen LogP contribution >= 0.6 is 0 Å². The molecule has 0 heteroatoms. The Hall–Kier alpha value is -1.74. The average Bonchev–Trinajstić information content (AvgIpc) is 2.35. The van der Waals surface area contributed by atoms with Crippen LogP contribution in [0.4, 0.5) is 0 Å². The number of aryl methyl sites for hydroxylation is 1. The van der Waals surface area contributed by atoms with Crippen molar-refractivity contribution in [3.05, 3.63) is 48.0 Å². The zero-order chi connectivity index (χ0) is 11.7. The summed E-state index contributed by atoms with van der Waals surface area (Å²) >= 11 is 0. The molecular weight excluding hydrogens is 180 g/mol. The first-order chi connectivity index (χ1) is 7.38. The molecule has 0 spiro atoms. The molecule has 0 amide bonds. The van der Waals surface area contributed by atoms with Crippen molar-refractivity contribution in [1.82, 2.24) is 0 Å². The molecule has 0 saturated carbocycles. The first kappa shape index (κ1) is 13.3. The third-order valence-corrected chi connectivity index (χ3v) is 2.01.